The SMILES string of the molecule is O=C(Nc1cccc(S(=O)(=O)NCc2ccco2)c1)C1=NN(c2ccccc2)C(=O)CC1. The molecule has 0 radical (unpaired) electrons. The van der Waals surface area contributed by atoms with E-state index in [0.29, 0.717) is 17.1 Å². The Hall–Kier alpha value is -3.76. The molecule has 10 heteroatoms. The number of nitrogens with zero attached hydrogens (tertiary/aromatic N) is 2. The van der Waals surface area contributed by atoms with E-state index >= 15 is 0 Å². The number of hydrazone groups is 1. The van der Waals surface area contributed by atoms with Gasteiger partial charge in [-0.25, -0.2) is 18.1 Å². The summed E-state index contributed by atoms with van der Waals surface area (Å²) >= 11 is 0. The molecule has 0 spiro atoms. The zero-order chi connectivity index (χ0) is 22.6. The van der Waals surface area contributed by atoms with E-state index in [9.17, 15) is 18.0 Å². The van der Waals surface area contributed by atoms with Crippen molar-refractivity contribution in [3.05, 3.63) is 78.8 Å². The van der Waals surface area contributed by atoms with Crippen molar-refractivity contribution in [3.8, 4) is 0 Å². The Bertz CT molecular complexity index is 1250. The van der Waals surface area contributed by atoms with Gasteiger partial charge in [-0.1, -0.05) is 24.3 Å². The molecule has 0 bridgehead atoms. The van der Waals surface area contributed by atoms with Gasteiger partial charge >= 0.3 is 0 Å². The third kappa shape index (κ3) is 4.93. The number of anilines is 2. The number of hydrogen-bond donors (Lipinski definition) is 2. The summed E-state index contributed by atoms with van der Waals surface area (Å²) in [6, 6.07) is 18.0. The molecule has 2 heterocycles. The fourth-order valence-electron chi connectivity index (χ4n) is 3.09. The van der Waals surface area contributed by atoms with Crippen LogP contribution < -0.4 is 15.0 Å². The van der Waals surface area contributed by atoms with Crippen LogP contribution in [0.1, 0.15) is 18.6 Å². The second kappa shape index (κ2) is 9.16. The van der Waals surface area contributed by atoms with Gasteiger partial charge in [-0.2, -0.15) is 5.10 Å². The number of amides is 2. The Morgan fingerprint density at radius 2 is 1.84 bits per heavy atom. The molecule has 1 aliphatic rings. The van der Waals surface area contributed by atoms with E-state index in [1.54, 1.807) is 42.5 Å². The lowest BCUT2D eigenvalue weighted by Gasteiger charge is -2.23. The van der Waals surface area contributed by atoms with Gasteiger partial charge in [-0.05, 0) is 42.5 Å². The fourth-order valence-corrected chi connectivity index (χ4v) is 4.13. The van der Waals surface area contributed by atoms with Gasteiger partial charge < -0.3 is 9.73 Å². The van der Waals surface area contributed by atoms with E-state index in [2.05, 4.69) is 15.1 Å². The highest BCUT2D eigenvalue weighted by Gasteiger charge is 2.26. The van der Waals surface area contributed by atoms with Crippen LogP contribution in [-0.4, -0.2) is 25.9 Å². The second-order valence-electron chi connectivity index (χ2n) is 6.97. The zero-order valence-electron chi connectivity index (χ0n) is 16.9. The summed E-state index contributed by atoms with van der Waals surface area (Å²) in [5.41, 5.74) is 1.04. The number of hydrogen-bond acceptors (Lipinski definition) is 6. The molecule has 0 saturated carbocycles. The Balaban J connectivity index is 1.48. The molecule has 0 fully saturated rings. The molecule has 2 N–H and O–H groups in total. The van der Waals surface area contributed by atoms with Gasteiger partial charge in [0.2, 0.25) is 15.9 Å². The molecule has 3 aromatic rings. The van der Waals surface area contributed by atoms with Crippen LogP contribution in [0.4, 0.5) is 11.4 Å². The monoisotopic (exact) mass is 452 g/mol. The molecule has 0 atom stereocenters. The van der Waals surface area contributed by atoms with Crippen molar-refractivity contribution in [1.82, 2.24) is 4.72 Å². The van der Waals surface area contributed by atoms with Crippen molar-refractivity contribution in [1.29, 1.82) is 0 Å². The van der Waals surface area contributed by atoms with Crippen LogP contribution in [0.3, 0.4) is 0 Å². The Kier molecular flexibility index (Phi) is 6.15. The number of furan rings is 1. The number of sulfonamides is 1. The van der Waals surface area contributed by atoms with Gasteiger partial charge in [0, 0.05) is 18.5 Å². The smallest absolute Gasteiger partial charge is 0.271 e. The fraction of sp³-hybridized carbons (Fsp3) is 0.136. The summed E-state index contributed by atoms with van der Waals surface area (Å²) in [7, 11) is -3.82. The van der Waals surface area contributed by atoms with Crippen LogP contribution in [0.15, 0.2) is 87.4 Å². The minimum Gasteiger partial charge on any atom is -0.468 e. The Morgan fingerprint density at radius 3 is 2.59 bits per heavy atom. The topological polar surface area (TPSA) is 121 Å². The average Bonchev–Trinajstić information content (AvgIpc) is 3.33. The number of nitrogens with one attached hydrogen (secondary N) is 2. The maximum Gasteiger partial charge on any atom is 0.271 e. The molecule has 1 aromatic heterocycles. The Morgan fingerprint density at radius 1 is 1.03 bits per heavy atom. The van der Waals surface area contributed by atoms with Crippen molar-refractivity contribution in [2.75, 3.05) is 10.3 Å². The third-order valence-corrected chi connectivity index (χ3v) is 6.11. The van der Waals surface area contributed by atoms with E-state index in [4.69, 9.17) is 4.42 Å². The maximum atomic E-state index is 12.7. The largest absolute Gasteiger partial charge is 0.468 e. The summed E-state index contributed by atoms with van der Waals surface area (Å²) < 4.78 is 32.7. The number of benzene rings is 2. The average molecular weight is 452 g/mol. The van der Waals surface area contributed by atoms with Crippen LogP contribution in [-0.2, 0) is 26.2 Å². The van der Waals surface area contributed by atoms with Crippen LogP contribution >= 0.6 is 0 Å². The van der Waals surface area contributed by atoms with E-state index in [1.165, 1.54) is 29.5 Å². The van der Waals surface area contributed by atoms with Crippen molar-refractivity contribution in [2.24, 2.45) is 5.10 Å². The molecule has 0 aliphatic carbocycles. The molecular weight excluding hydrogens is 432 g/mol. The lowest BCUT2D eigenvalue weighted by Crippen LogP contribution is -2.36. The zero-order valence-corrected chi connectivity index (χ0v) is 17.7. The van der Waals surface area contributed by atoms with Crippen molar-refractivity contribution < 1.29 is 22.4 Å². The predicted octanol–water partition coefficient (Wildman–Crippen LogP) is 2.88. The first-order valence-corrected chi connectivity index (χ1v) is 11.3. The van der Waals surface area contributed by atoms with Crippen LogP contribution in [0, 0.1) is 0 Å². The number of carbonyl (C=O) groups excluding carboxylic acids is 2. The molecule has 32 heavy (non-hydrogen) atoms. The minimum atomic E-state index is -3.82. The summed E-state index contributed by atoms with van der Waals surface area (Å²) in [5.74, 6) is -0.231. The second-order valence-corrected chi connectivity index (χ2v) is 8.74. The molecule has 2 amide bonds. The van der Waals surface area contributed by atoms with E-state index < -0.39 is 15.9 Å². The van der Waals surface area contributed by atoms with E-state index in [-0.39, 0.29) is 35.9 Å². The number of para-hydroxylation sites is 1. The number of rotatable bonds is 7. The minimum absolute atomic E-state index is 0.00599. The lowest BCUT2D eigenvalue weighted by atomic mass is 10.1. The molecule has 1 aliphatic heterocycles. The van der Waals surface area contributed by atoms with Gasteiger partial charge in [0.25, 0.3) is 5.91 Å². The maximum absolute atomic E-state index is 12.7. The molecule has 4 rings (SSSR count). The molecule has 2 aromatic carbocycles. The van der Waals surface area contributed by atoms with Crippen LogP contribution in [0.5, 0.6) is 0 Å². The van der Waals surface area contributed by atoms with Gasteiger partial charge in [0.1, 0.15) is 11.5 Å². The van der Waals surface area contributed by atoms with Crippen LogP contribution in [0.25, 0.3) is 0 Å². The highest BCUT2D eigenvalue weighted by molar-refractivity contribution is 7.89. The normalized spacial score (nSPS) is 14.2. The standard InChI is InChI=1S/C22H20N4O5S/c27-21-12-11-20(25-26(21)17-7-2-1-3-8-17)22(28)24-16-6-4-10-19(14-16)32(29,30)23-15-18-9-5-13-31-18/h1-10,13-14,23H,11-12,15H2,(H,24,28). The van der Waals surface area contributed by atoms with Gasteiger partial charge in [-0.3, -0.25) is 9.59 Å². The van der Waals surface area contributed by atoms with Gasteiger partial charge in [0.15, 0.2) is 0 Å². The summed E-state index contributed by atoms with van der Waals surface area (Å²) in [4.78, 5) is 25.0. The first-order chi connectivity index (χ1) is 15.4. The predicted molar refractivity (Wildman–Crippen MR) is 118 cm³/mol. The quantitative estimate of drug-likeness (QED) is 0.571. The molecule has 0 unspecified atom stereocenters. The first-order valence-electron chi connectivity index (χ1n) is 9.81. The first kappa shape index (κ1) is 21.5. The van der Waals surface area contributed by atoms with Gasteiger partial charge in [0.05, 0.1) is 23.4 Å². The summed E-state index contributed by atoms with van der Waals surface area (Å²) in [6.07, 6.45) is 1.79. The molecular formula is C22H20N4O5S. The van der Waals surface area contributed by atoms with Crippen molar-refractivity contribution in [2.45, 2.75) is 24.3 Å². The van der Waals surface area contributed by atoms with Crippen molar-refractivity contribution >= 4 is 38.9 Å². The van der Waals surface area contributed by atoms with Crippen LogP contribution in [0.2, 0.25) is 0 Å². The molecule has 9 nitrogen and oxygen atoms in total. The lowest BCUT2D eigenvalue weighted by molar-refractivity contribution is -0.118. The summed E-state index contributed by atoms with van der Waals surface area (Å²) in [5, 5.41) is 8.07. The third-order valence-electron chi connectivity index (χ3n) is 4.71. The highest BCUT2D eigenvalue weighted by Crippen LogP contribution is 2.21. The Labute approximate surface area is 184 Å². The van der Waals surface area contributed by atoms with E-state index in [0.717, 1.165) is 0 Å². The van der Waals surface area contributed by atoms with Crippen molar-refractivity contribution in [3.63, 3.8) is 0 Å². The van der Waals surface area contributed by atoms with E-state index in [1.807, 2.05) is 6.07 Å². The molecule has 0 saturated heterocycles. The highest BCUT2D eigenvalue weighted by atomic mass is 32.2. The summed E-state index contributed by atoms with van der Waals surface area (Å²) in [6.45, 7) is 0.00603. The molecule has 164 valence electrons. The van der Waals surface area contributed by atoms with Gasteiger partial charge in [-0.15, -0.1) is 0 Å². The number of carbonyl (C=O) groups is 2.